The maximum Gasteiger partial charge on any atom is 0.226 e. The fraction of sp³-hybridized carbons (Fsp3) is 0.364. The van der Waals surface area contributed by atoms with Gasteiger partial charge in [0.15, 0.2) is 0 Å². The summed E-state index contributed by atoms with van der Waals surface area (Å²) in [7, 11) is 0. The number of ether oxygens (including phenoxy) is 1. The van der Waals surface area contributed by atoms with Crippen LogP contribution in [0.3, 0.4) is 0 Å². The van der Waals surface area contributed by atoms with Crippen LogP contribution in [0.4, 0.5) is 11.4 Å². The first-order chi connectivity index (χ1) is 12.8. The van der Waals surface area contributed by atoms with E-state index >= 15 is 0 Å². The zero-order valence-corrected chi connectivity index (χ0v) is 16.7. The molecule has 0 atom stereocenters. The summed E-state index contributed by atoms with van der Waals surface area (Å²) in [6.07, 6.45) is 0.311. The number of nitrogens with one attached hydrogen (secondary N) is 1. The Morgan fingerprint density at radius 1 is 1.07 bits per heavy atom. The Morgan fingerprint density at radius 2 is 1.74 bits per heavy atom. The van der Waals surface area contributed by atoms with Crippen molar-refractivity contribution in [2.75, 3.05) is 16.8 Å². The third-order valence-corrected chi connectivity index (χ3v) is 4.34. The molecule has 0 unspecified atom stereocenters. The average molecular weight is 368 g/mol. The molecule has 0 saturated heterocycles. The second-order valence-corrected chi connectivity index (χ2v) is 6.88. The minimum absolute atomic E-state index is 0.0912. The number of carbonyl (C=O) groups is 2. The first kappa shape index (κ1) is 20.5. The minimum Gasteiger partial charge on any atom is -0.491 e. The van der Waals surface area contributed by atoms with E-state index in [1.54, 1.807) is 4.90 Å². The van der Waals surface area contributed by atoms with Crippen LogP contribution in [0.5, 0.6) is 5.75 Å². The second kappa shape index (κ2) is 9.21. The lowest BCUT2D eigenvalue weighted by atomic mass is 10.1. The molecule has 0 saturated carbocycles. The molecule has 144 valence electrons. The highest BCUT2D eigenvalue weighted by Gasteiger charge is 2.14. The van der Waals surface area contributed by atoms with Crippen LogP contribution in [-0.2, 0) is 9.59 Å². The van der Waals surface area contributed by atoms with Gasteiger partial charge in [0.25, 0.3) is 0 Å². The van der Waals surface area contributed by atoms with E-state index in [0.717, 1.165) is 28.3 Å². The molecule has 5 nitrogen and oxygen atoms in total. The molecule has 5 heteroatoms. The molecule has 2 rings (SSSR count). The van der Waals surface area contributed by atoms with Crippen molar-refractivity contribution in [1.82, 2.24) is 0 Å². The predicted octanol–water partition coefficient (Wildman–Crippen LogP) is 4.47. The summed E-state index contributed by atoms with van der Waals surface area (Å²) in [6, 6.07) is 13.2. The standard InChI is InChI=1S/C22H28N2O3/c1-15(2)27-20-11-9-19(10-12-20)24(18(5)25)14-13-22(26)23-21-8-6-7-16(3)17(21)4/h6-12,15H,13-14H2,1-5H3,(H,23,26). The first-order valence-corrected chi connectivity index (χ1v) is 9.19. The van der Waals surface area contributed by atoms with Gasteiger partial charge in [0, 0.05) is 31.3 Å². The zero-order valence-electron chi connectivity index (χ0n) is 16.7. The van der Waals surface area contributed by atoms with E-state index in [-0.39, 0.29) is 24.3 Å². The molecule has 0 aliphatic carbocycles. The van der Waals surface area contributed by atoms with E-state index in [9.17, 15) is 9.59 Å². The summed E-state index contributed by atoms with van der Waals surface area (Å²) in [4.78, 5) is 26.0. The van der Waals surface area contributed by atoms with Crippen LogP contribution in [-0.4, -0.2) is 24.5 Å². The Bertz CT molecular complexity index is 798. The Kier molecular flexibility index (Phi) is 6.99. The summed E-state index contributed by atoms with van der Waals surface area (Å²) in [5.74, 6) is 0.534. The number of aryl methyl sites for hydroxylation is 1. The number of anilines is 2. The molecular weight excluding hydrogens is 340 g/mol. The SMILES string of the molecule is CC(=O)N(CCC(=O)Nc1cccc(C)c1C)c1ccc(OC(C)C)cc1. The molecule has 0 aromatic heterocycles. The van der Waals surface area contributed by atoms with Crippen LogP contribution in [0.1, 0.15) is 38.3 Å². The maximum absolute atomic E-state index is 12.3. The van der Waals surface area contributed by atoms with E-state index in [1.807, 2.05) is 70.2 Å². The van der Waals surface area contributed by atoms with Crippen molar-refractivity contribution in [1.29, 1.82) is 0 Å². The van der Waals surface area contributed by atoms with Crippen molar-refractivity contribution >= 4 is 23.2 Å². The maximum atomic E-state index is 12.3. The monoisotopic (exact) mass is 368 g/mol. The van der Waals surface area contributed by atoms with Crippen LogP contribution in [0.25, 0.3) is 0 Å². The van der Waals surface area contributed by atoms with Gasteiger partial charge in [-0.1, -0.05) is 12.1 Å². The molecule has 27 heavy (non-hydrogen) atoms. The number of hydrogen-bond acceptors (Lipinski definition) is 3. The Hall–Kier alpha value is -2.82. The van der Waals surface area contributed by atoms with Gasteiger partial charge in [0.1, 0.15) is 5.75 Å². The molecule has 0 heterocycles. The molecule has 0 radical (unpaired) electrons. The van der Waals surface area contributed by atoms with E-state index in [1.165, 1.54) is 6.92 Å². The number of carbonyl (C=O) groups excluding carboxylic acids is 2. The smallest absolute Gasteiger partial charge is 0.226 e. The van der Waals surface area contributed by atoms with Crippen molar-refractivity contribution in [2.45, 2.75) is 47.1 Å². The lowest BCUT2D eigenvalue weighted by molar-refractivity contribution is -0.117. The Balaban J connectivity index is 2.00. The Labute approximate surface area is 161 Å². The van der Waals surface area contributed by atoms with Gasteiger partial charge in [-0.2, -0.15) is 0 Å². The van der Waals surface area contributed by atoms with Gasteiger partial charge in [-0.3, -0.25) is 9.59 Å². The molecule has 0 spiro atoms. The van der Waals surface area contributed by atoms with Gasteiger partial charge in [0.2, 0.25) is 11.8 Å². The highest BCUT2D eigenvalue weighted by atomic mass is 16.5. The topological polar surface area (TPSA) is 58.6 Å². The fourth-order valence-corrected chi connectivity index (χ4v) is 2.76. The van der Waals surface area contributed by atoms with Crippen molar-refractivity contribution in [3.63, 3.8) is 0 Å². The molecule has 2 aromatic carbocycles. The van der Waals surface area contributed by atoms with Crippen LogP contribution < -0.4 is 15.0 Å². The number of hydrogen-bond donors (Lipinski definition) is 1. The highest BCUT2D eigenvalue weighted by molar-refractivity contribution is 5.95. The fourth-order valence-electron chi connectivity index (χ4n) is 2.76. The summed E-state index contributed by atoms with van der Waals surface area (Å²) in [6.45, 7) is 9.73. The summed E-state index contributed by atoms with van der Waals surface area (Å²) < 4.78 is 5.63. The second-order valence-electron chi connectivity index (χ2n) is 6.88. The minimum atomic E-state index is -0.116. The van der Waals surface area contributed by atoms with Gasteiger partial charge < -0.3 is 15.0 Å². The van der Waals surface area contributed by atoms with Crippen LogP contribution in [0.2, 0.25) is 0 Å². The number of nitrogens with zero attached hydrogens (tertiary/aromatic N) is 1. The van der Waals surface area contributed by atoms with Crippen LogP contribution in [0, 0.1) is 13.8 Å². The molecule has 1 N–H and O–H groups in total. The van der Waals surface area contributed by atoms with Crippen molar-refractivity contribution in [2.24, 2.45) is 0 Å². The van der Waals surface area contributed by atoms with Crippen LogP contribution in [0.15, 0.2) is 42.5 Å². The predicted molar refractivity (Wildman–Crippen MR) is 109 cm³/mol. The summed E-state index contributed by atoms with van der Waals surface area (Å²) >= 11 is 0. The molecule has 2 aromatic rings. The van der Waals surface area contributed by atoms with Gasteiger partial charge in [-0.15, -0.1) is 0 Å². The van der Waals surface area contributed by atoms with E-state index in [0.29, 0.717) is 6.54 Å². The lowest BCUT2D eigenvalue weighted by Gasteiger charge is -2.21. The van der Waals surface area contributed by atoms with E-state index in [4.69, 9.17) is 4.74 Å². The quantitative estimate of drug-likeness (QED) is 0.784. The average Bonchev–Trinajstić information content (AvgIpc) is 2.60. The van der Waals surface area contributed by atoms with Crippen LogP contribution >= 0.6 is 0 Å². The molecule has 0 aliphatic rings. The normalized spacial score (nSPS) is 10.6. The molecule has 0 aliphatic heterocycles. The van der Waals surface area contributed by atoms with Crippen molar-refractivity contribution in [3.05, 3.63) is 53.6 Å². The summed E-state index contributed by atoms with van der Waals surface area (Å²) in [5.41, 5.74) is 3.74. The number of rotatable bonds is 7. The largest absolute Gasteiger partial charge is 0.491 e. The Morgan fingerprint density at radius 3 is 2.33 bits per heavy atom. The highest BCUT2D eigenvalue weighted by Crippen LogP contribution is 2.21. The molecule has 0 bridgehead atoms. The first-order valence-electron chi connectivity index (χ1n) is 9.19. The van der Waals surface area contributed by atoms with E-state index < -0.39 is 0 Å². The van der Waals surface area contributed by atoms with Gasteiger partial charge >= 0.3 is 0 Å². The molecule has 2 amide bonds. The van der Waals surface area contributed by atoms with Gasteiger partial charge in [-0.25, -0.2) is 0 Å². The number of amides is 2. The third-order valence-electron chi connectivity index (χ3n) is 4.34. The molecular formula is C22H28N2O3. The van der Waals surface area contributed by atoms with Gasteiger partial charge in [-0.05, 0) is 69.2 Å². The zero-order chi connectivity index (χ0) is 20.0. The van der Waals surface area contributed by atoms with Crippen molar-refractivity contribution in [3.8, 4) is 5.75 Å². The summed E-state index contributed by atoms with van der Waals surface area (Å²) in [5, 5.41) is 2.93. The van der Waals surface area contributed by atoms with Crippen molar-refractivity contribution < 1.29 is 14.3 Å². The van der Waals surface area contributed by atoms with Gasteiger partial charge in [0.05, 0.1) is 6.10 Å². The number of benzene rings is 2. The van der Waals surface area contributed by atoms with E-state index in [2.05, 4.69) is 5.32 Å². The molecule has 0 fully saturated rings. The lowest BCUT2D eigenvalue weighted by Crippen LogP contribution is -2.32. The third kappa shape index (κ3) is 5.84.